The summed E-state index contributed by atoms with van der Waals surface area (Å²) in [5.74, 6) is 0.522. The minimum Gasteiger partial charge on any atom is -0.497 e. The highest BCUT2D eigenvalue weighted by Crippen LogP contribution is 2.28. The largest absolute Gasteiger partial charge is 0.497 e. The summed E-state index contributed by atoms with van der Waals surface area (Å²) in [5, 5.41) is 3.67. The fourth-order valence-electron chi connectivity index (χ4n) is 4.75. The average molecular weight is 559 g/mol. The molecule has 1 N–H and O–H groups in total. The summed E-state index contributed by atoms with van der Waals surface area (Å²) in [5.41, 5.74) is 3.32. The molecule has 5 rings (SSSR count). The molecule has 0 saturated carbocycles. The van der Waals surface area contributed by atoms with Gasteiger partial charge in [0.15, 0.2) is 5.16 Å². The van der Waals surface area contributed by atoms with Gasteiger partial charge in [0.1, 0.15) is 5.75 Å². The molecule has 4 aromatic rings. The van der Waals surface area contributed by atoms with E-state index >= 15 is 0 Å². The highest BCUT2D eigenvalue weighted by atomic mass is 32.2. The van der Waals surface area contributed by atoms with E-state index in [4.69, 9.17) is 14.5 Å². The average Bonchev–Trinajstić information content (AvgIpc) is 3.00. The van der Waals surface area contributed by atoms with Crippen LogP contribution in [0.1, 0.15) is 18.9 Å². The lowest BCUT2D eigenvalue weighted by atomic mass is 10.1. The Bertz CT molecular complexity index is 1520. The number of nitrogens with zero attached hydrogens (tertiary/aromatic N) is 3. The van der Waals surface area contributed by atoms with Gasteiger partial charge in [-0.05, 0) is 48.7 Å². The number of fused-ring (bicyclic) bond motifs is 1. The summed E-state index contributed by atoms with van der Waals surface area (Å²) in [6.07, 6.45) is 1.25. The molecule has 1 fully saturated rings. The zero-order valence-electron chi connectivity index (χ0n) is 22.8. The molecule has 0 spiro atoms. The molecule has 0 radical (unpaired) electrons. The predicted molar refractivity (Wildman–Crippen MR) is 161 cm³/mol. The number of aromatic nitrogens is 2. The first-order valence-corrected chi connectivity index (χ1v) is 14.5. The SMILES string of the molecule is CC[C@@H](Sc1nc2ccc(N3CCOCC3)cc2c(=O)n1CCc1ccccc1)C(=O)Nc1cccc(OC)c1. The van der Waals surface area contributed by atoms with E-state index in [1.54, 1.807) is 17.7 Å². The van der Waals surface area contributed by atoms with Gasteiger partial charge in [0.25, 0.3) is 5.56 Å². The maximum Gasteiger partial charge on any atom is 0.262 e. The van der Waals surface area contributed by atoms with Crippen molar-refractivity contribution in [2.45, 2.75) is 36.7 Å². The zero-order chi connectivity index (χ0) is 27.9. The summed E-state index contributed by atoms with van der Waals surface area (Å²) in [6.45, 7) is 5.34. The second-order valence-corrected chi connectivity index (χ2v) is 10.8. The second-order valence-electron chi connectivity index (χ2n) is 9.62. The Morgan fingerprint density at radius 1 is 1.07 bits per heavy atom. The van der Waals surface area contributed by atoms with Gasteiger partial charge in [-0.3, -0.25) is 14.2 Å². The van der Waals surface area contributed by atoms with E-state index in [0.29, 0.717) is 60.1 Å². The third kappa shape index (κ3) is 6.48. The molecule has 9 heteroatoms. The van der Waals surface area contributed by atoms with E-state index in [-0.39, 0.29) is 11.5 Å². The third-order valence-corrected chi connectivity index (χ3v) is 8.35. The Kier molecular flexibility index (Phi) is 9.03. The van der Waals surface area contributed by atoms with E-state index < -0.39 is 5.25 Å². The fourth-order valence-corrected chi connectivity index (χ4v) is 5.79. The Morgan fingerprint density at radius 3 is 2.62 bits per heavy atom. The van der Waals surface area contributed by atoms with Crippen molar-refractivity contribution in [1.82, 2.24) is 9.55 Å². The zero-order valence-corrected chi connectivity index (χ0v) is 23.7. The van der Waals surface area contributed by atoms with Gasteiger partial charge in [0.05, 0.1) is 36.5 Å². The van der Waals surface area contributed by atoms with Gasteiger partial charge in [0.2, 0.25) is 5.91 Å². The number of ether oxygens (including phenoxy) is 2. The van der Waals surface area contributed by atoms with Crippen LogP contribution < -0.4 is 20.5 Å². The van der Waals surface area contributed by atoms with Crippen LogP contribution in [0.3, 0.4) is 0 Å². The van der Waals surface area contributed by atoms with Gasteiger partial charge in [-0.2, -0.15) is 0 Å². The number of nitrogens with one attached hydrogen (secondary N) is 1. The number of morpholine rings is 1. The molecule has 1 aliphatic rings. The molecular weight excluding hydrogens is 524 g/mol. The molecule has 3 aromatic carbocycles. The summed E-state index contributed by atoms with van der Waals surface area (Å²) >= 11 is 1.33. The maximum absolute atomic E-state index is 14.0. The van der Waals surface area contributed by atoms with Crippen LogP contribution in [0.4, 0.5) is 11.4 Å². The number of hydrogen-bond acceptors (Lipinski definition) is 7. The number of thioether (sulfide) groups is 1. The quantitative estimate of drug-likeness (QED) is 0.217. The Hall–Kier alpha value is -3.82. The van der Waals surface area contributed by atoms with Crippen molar-refractivity contribution < 1.29 is 14.3 Å². The number of amides is 1. The third-order valence-electron chi connectivity index (χ3n) is 6.99. The monoisotopic (exact) mass is 558 g/mol. The molecule has 8 nitrogen and oxygen atoms in total. The molecule has 40 heavy (non-hydrogen) atoms. The molecule has 2 heterocycles. The number of hydrogen-bond donors (Lipinski definition) is 1. The number of aryl methyl sites for hydroxylation is 1. The standard InChI is InChI=1S/C31H34N4O4S/c1-3-28(29(36)32-23-10-7-11-25(20-23)38-2)40-31-33-27-13-12-24(34-16-18-39-19-17-34)21-26(27)30(37)35(31)15-14-22-8-5-4-6-9-22/h4-13,20-21,28H,3,14-19H2,1-2H3,(H,32,36)/t28-/m1/s1. The van der Waals surface area contributed by atoms with Gasteiger partial charge >= 0.3 is 0 Å². The van der Waals surface area contributed by atoms with E-state index in [1.165, 1.54) is 11.8 Å². The van der Waals surface area contributed by atoms with Crippen LogP contribution in [0.5, 0.6) is 5.75 Å². The molecule has 0 bridgehead atoms. The topological polar surface area (TPSA) is 85.7 Å². The predicted octanol–water partition coefficient (Wildman–Crippen LogP) is 4.99. The van der Waals surface area contributed by atoms with Gasteiger partial charge in [0, 0.05) is 37.1 Å². The summed E-state index contributed by atoms with van der Waals surface area (Å²) in [6, 6.07) is 23.2. The summed E-state index contributed by atoms with van der Waals surface area (Å²) in [7, 11) is 1.59. The molecule has 1 amide bonds. The number of anilines is 2. The van der Waals surface area contributed by atoms with E-state index in [1.807, 2.05) is 61.5 Å². The molecule has 208 valence electrons. The molecule has 1 aromatic heterocycles. The Morgan fingerprint density at radius 2 is 1.88 bits per heavy atom. The lowest BCUT2D eigenvalue weighted by Crippen LogP contribution is -2.36. The minimum absolute atomic E-state index is 0.0957. The summed E-state index contributed by atoms with van der Waals surface area (Å²) < 4.78 is 12.5. The summed E-state index contributed by atoms with van der Waals surface area (Å²) in [4.78, 5) is 34.4. The van der Waals surface area contributed by atoms with Gasteiger partial charge < -0.3 is 19.7 Å². The van der Waals surface area contributed by atoms with Crippen molar-refractivity contribution >= 4 is 39.9 Å². The second kappa shape index (κ2) is 13.0. The molecule has 1 saturated heterocycles. The lowest BCUT2D eigenvalue weighted by molar-refractivity contribution is -0.115. The molecular formula is C31H34N4O4S. The normalized spacial score (nSPS) is 14.2. The maximum atomic E-state index is 14.0. The first kappa shape index (κ1) is 27.7. The van der Waals surface area contributed by atoms with Gasteiger partial charge in [-0.1, -0.05) is 55.1 Å². The highest BCUT2D eigenvalue weighted by Gasteiger charge is 2.23. The lowest BCUT2D eigenvalue weighted by Gasteiger charge is -2.29. The van der Waals surface area contributed by atoms with Crippen LogP contribution in [0.2, 0.25) is 0 Å². The molecule has 0 aliphatic carbocycles. The molecule has 1 atom stereocenters. The number of rotatable bonds is 10. The van der Waals surface area contributed by atoms with Crippen LogP contribution in [-0.4, -0.2) is 54.1 Å². The molecule has 1 aliphatic heterocycles. The number of benzene rings is 3. The Labute approximate surface area is 238 Å². The van der Waals surface area contributed by atoms with Crippen molar-refractivity contribution in [3.05, 3.63) is 88.7 Å². The smallest absolute Gasteiger partial charge is 0.262 e. The number of carbonyl (C=O) groups excluding carboxylic acids is 1. The number of carbonyl (C=O) groups is 1. The minimum atomic E-state index is -0.439. The van der Waals surface area contributed by atoms with Crippen molar-refractivity contribution in [3.63, 3.8) is 0 Å². The van der Waals surface area contributed by atoms with Gasteiger partial charge in [-0.15, -0.1) is 0 Å². The number of methoxy groups -OCH3 is 1. The van der Waals surface area contributed by atoms with E-state index in [2.05, 4.69) is 22.3 Å². The van der Waals surface area contributed by atoms with Crippen LogP contribution in [-0.2, 0) is 22.5 Å². The van der Waals surface area contributed by atoms with Crippen molar-refractivity contribution in [2.24, 2.45) is 0 Å². The van der Waals surface area contributed by atoms with Crippen LogP contribution >= 0.6 is 11.8 Å². The van der Waals surface area contributed by atoms with Crippen molar-refractivity contribution in [2.75, 3.05) is 43.6 Å². The van der Waals surface area contributed by atoms with Crippen LogP contribution in [0, 0.1) is 0 Å². The highest BCUT2D eigenvalue weighted by molar-refractivity contribution is 8.00. The van der Waals surface area contributed by atoms with Crippen LogP contribution in [0.15, 0.2) is 82.7 Å². The van der Waals surface area contributed by atoms with Crippen molar-refractivity contribution in [3.8, 4) is 5.75 Å². The molecule has 0 unspecified atom stereocenters. The van der Waals surface area contributed by atoms with Crippen LogP contribution in [0.25, 0.3) is 10.9 Å². The van der Waals surface area contributed by atoms with E-state index in [0.717, 1.165) is 24.3 Å². The van der Waals surface area contributed by atoms with E-state index in [9.17, 15) is 9.59 Å². The Balaban J connectivity index is 1.47. The fraction of sp³-hybridized carbons (Fsp3) is 0.323. The first-order chi connectivity index (χ1) is 19.6. The first-order valence-electron chi connectivity index (χ1n) is 13.6. The van der Waals surface area contributed by atoms with Gasteiger partial charge in [-0.25, -0.2) is 4.98 Å². The van der Waals surface area contributed by atoms with Crippen molar-refractivity contribution in [1.29, 1.82) is 0 Å².